The van der Waals surface area contributed by atoms with E-state index in [1.165, 1.54) is 36.4 Å². The number of ether oxygens (including phenoxy) is 1. The summed E-state index contributed by atoms with van der Waals surface area (Å²) in [6.07, 6.45) is -9.22. The number of hydrogen-bond donors (Lipinski definition) is 1. The summed E-state index contributed by atoms with van der Waals surface area (Å²) in [5.41, 5.74) is 0.569. The van der Waals surface area contributed by atoms with Gasteiger partial charge in [0.15, 0.2) is 0 Å². The predicted molar refractivity (Wildman–Crippen MR) is 105 cm³/mol. The molecule has 3 nitrogen and oxygen atoms in total. The van der Waals surface area contributed by atoms with Crippen LogP contribution in [0.4, 0.5) is 26.3 Å². The number of nitrogens with zero attached hydrogens (tertiary/aromatic N) is 1. The zero-order valence-electron chi connectivity index (χ0n) is 15.5. The number of nitrogens with one attached hydrogen (secondary N) is 1. The topological polar surface area (TPSA) is 24.5 Å². The molecule has 0 spiro atoms. The van der Waals surface area contributed by atoms with Gasteiger partial charge in [-0.3, -0.25) is 4.90 Å². The molecule has 0 aliphatic carbocycles. The van der Waals surface area contributed by atoms with E-state index in [0.29, 0.717) is 37.3 Å². The lowest BCUT2D eigenvalue weighted by Crippen LogP contribution is -2.45. The summed E-state index contributed by atoms with van der Waals surface area (Å²) in [7, 11) is 0. The number of hydrogen-bond acceptors (Lipinski definition) is 3. The molecule has 1 atom stereocenters. The van der Waals surface area contributed by atoms with Gasteiger partial charge in [-0.2, -0.15) is 13.2 Å². The Balaban J connectivity index is 0.00000225. The van der Waals surface area contributed by atoms with Crippen LogP contribution in [0.3, 0.4) is 0 Å². The highest BCUT2D eigenvalue weighted by Crippen LogP contribution is 2.34. The molecule has 1 aliphatic rings. The maximum absolute atomic E-state index is 12.9. The van der Waals surface area contributed by atoms with Gasteiger partial charge in [-0.15, -0.1) is 38.0 Å². The van der Waals surface area contributed by atoms with E-state index in [0.717, 1.165) is 12.1 Å². The number of rotatable bonds is 4. The summed E-state index contributed by atoms with van der Waals surface area (Å²) in [5.74, 6) is -0.345. The molecule has 2 aromatic rings. The van der Waals surface area contributed by atoms with Crippen LogP contribution in [0.15, 0.2) is 48.5 Å². The lowest BCUT2D eigenvalue weighted by atomic mass is 9.95. The van der Waals surface area contributed by atoms with E-state index < -0.39 is 18.1 Å². The normalized spacial score (nSPS) is 16.2. The first-order valence-corrected chi connectivity index (χ1v) is 8.61. The zero-order chi connectivity index (χ0) is 20.4. The standard InChI is InChI=1S/C19H18F6N2O.2ClH/c20-18(21,22)15-5-1-13(2-6-15)17(27-11-9-26-10-12-27)14-3-7-16(8-4-14)28-19(23,24)25;;/h1-8,17,26H,9-12H2;2*1H/t17-;;/m0../s1. The average molecular weight is 477 g/mol. The van der Waals surface area contributed by atoms with E-state index in [1.807, 2.05) is 0 Å². The van der Waals surface area contributed by atoms with Gasteiger partial charge >= 0.3 is 12.5 Å². The third-order valence-corrected chi connectivity index (χ3v) is 4.50. The first-order valence-electron chi connectivity index (χ1n) is 8.61. The molecule has 11 heteroatoms. The summed E-state index contributed by atoms with van der Waals surface area (Å²) in [5, 5.41) is 3.20. The Morgan fingerprint density at radius 1 is 0.767 bits per heavy atom. The van der Waals surface area contributed by atoms with Gasteiger partial charge in [0.1, 0.15) is 5.75 Å². The molecule has 0 saturated carbocycles. The van der Waals surface area contributed by atoms with Gasteiger partial charge in [0.05, 0.1) is 11.6 Å². The third-order valence-electron chi connectivity index (χ3n) is 4.50. The van der Waals surface area contributed by atoms with Crippen molar-refractivity contribution in [3.63, 3.8) is 0 Å². The number of piperazine rings is 1. The van der Waals surface area contributed by atoms with E-state index in [9.17, 15) is 26.3 Å². The monoisotopic (exact) mass is 476 g/mol. The zero-order valence-corrected chi connectivity index (χ0v) is 17.1. The van der Waals surface area contributed by atoms with Crippen LogP contribution < -0.4 is 10.1 Å². The number of halogens is 8. The summed E-state index contributed by atoms with van der Waals surface area (Å²) >= 11 is 0. The largest absolute Gasteiger partial charge is 0.573 e. The Kier molecular flexibility index (Phi) is 9.28. The minimum atomic E-state index is -4.78. The smallest absolute Gasteiger partial charge is 0.406 e. The van der Waals surface area contributed by atoms with Gasteiger partial charge < -0.3 is 10.1 Å². The van der Waals surface area contributed by atoms with Gasteiger partial charge in [-0.1, -0.05) is 24.3 Å². The van der Waals surface area contributed by atoms with Gasteiger partial charge in [0.2, 0.25) is 0 Å². The minimum Gasteiger partial charge on any atom is -0.406 e. The summed E-state index contributed by atoms with van der Waals surface area (Å²) in [6.45, 7) is 2.75. The molecule has 1 N–H and O–H groups in total. The molecule has 1 heterocycles. The molecule has 0 aromatic heterocycles. The van der Waals surface area contributed by atoms with Gasteiger partial charge in [0.25, 0.3) is 0 Å². The van der Waals surface area contributed by atoms with Crippen LogP contribution in [-0.2, 0) is 6.18 Å². The Morgan fingerprint density at radius 3 is 1.67 bits per heavy atom. The lowest BCUT2D eigenvalue weighted by molar-refractivity contribution is -0.274. The molecule has 0 bridgehead atoms. The predicted octanol–water partition coefficient (Wildman–Crippen LogP) is 5.44. The second kappa shape index (κ2) is 10.6. The van der Waals surface area contributed by atoms with Gasteiger partial charge in [-0.05, 0) is 35.4 Å². The fraction of sp³-hybridized carbons (Fsp3) is 0.368. The summed E-state index contributed by atoms with van der Waals surface area (Å²) in [4.78, 5) is 2.08. The average Bonchev–Trinajstić information content (AvgIpc) is 2.63. The maximum atomic E-state index is 12.9. The van der Waals surface area contributed by atoms with E-state index in [4.69, 9.17) is 0 Å². The molecule has 1 saturated heterocycles. The SMILES string of the molecule is Cl.Cl.FC(F)(F)Oc1ccc([C@H](c2ccc(C(F)(F)F)cc2)N2CCNCC2)cc1. The van der Waals surface area contributed by atoms with Crippen molar-refractivity contribution < 1.29 is 31.1 Å². The molecular weight excluding hydrogens is 457 g/mol. The van der Waals surface area contributed by atoms with Gasteiger partial charge in [-0.25, -0.2) is 0 Å². The highest BCUT2D eigenvalue weighted by Gasteiger charge is 2.32. The molecule has 1 fully saturated rings. The molecule has 1 aliphatic heterocycles. The van der Waals surface area contributed by atoms with Crippen LogP contribution >= 0.6 is 24.8 Å². The van der Waals surface area contributed by atoms with Crippen molar-refractivity contribution in [2.75, 3.05) is 26.2 Å². The second-order valence-electron chi connectivity index (χ2n) is 6.43. The second-order valence-corrected chi connectivity index (χ2v) is 6.43. The van der Waals surface area contributed by atoms with Crippen molar-refractivity contribution in [1.82, 2.24) is 10.2 Å². The highest BCUT2D eigenvalue weighted by atomic mass is 35.5. The first kappa shape index (κ1) is 26.4. The molecule has 0 radical (unpaired) electrons. The van der Waals surface area contributed by atoms with E-state index in [-0.39, 0.29) is 36.6 Å². The van der Waals surface area contributed by atoms with Crippen LogP contribution in [-0.4, -0.2) is 37.4 Å². The van der Waals surface area contributed by atoms with Crippen molar-refractivity contribution in [1.29, 1.82) is 0 Å². The third kappa shape index (κ3) is 6.94. The number of benzene rings is 2. The number of alkyl halides is 6. The highest BCUT2D eigenvalue weighted by molar-refractivity contribution is 5.85. The van der Waals surface area contributed by atoms with Crippen LogP contribution in [0.2, 0.25) is 0 Å². The Hall–Kier alpha value is -1.68. The molecule has 2 aromatic carbocycles. The van der Waals surface area contributed by atoms with E-state index in [2.05, 4.69) is 15.0 Å². The first-order chi connectivity index (χ1) is 13.1. The molecule has 30 heavy (non-hydrogen) atoms. The quantitative estimate of drug-likeness (QED) is 0.594. The van der Waals surface area contributed by atoms with Crippen LogP contribution in [0, 0.1) is 0 Å². The van der Waals surface area contributed by atoms with Crippen molar-refractivity contribution in [2.45, 2.75) is 18.6 Å². The molecule has 0 unspecified atom stereocenters. The molecule has 0 amide bonds. The molecular formula is C19H20Cl2F6N2O. The lowest BCUT2D eigenvalue weighted by Gasteiger charge is -2.35. The minimum absolute atomic E-state index is 0. The Bertz CT molecular complexity index is 776. The van der Waals surface area contributed by atoms with E-state index in [1.54, 1.807) is 0 Å². The molecule has 168 valence electrons. The molecule has 3 rings (SSSR count). The van der Waals surface area contributed by atoms with Crippen LogP contribution in [0.5, 0.6) is 5.75 Å². The summed E-state index contributed by atoms with van der Waals surface area (Å²) < 4.78 is 79.5. The van der Waals surface area contributed by atoms with Gasteiger partial charge in [0, 0.05) is 26.2 Å². The summed E-state index contributed by atoms with van der Waals surface area (Å²) in [6, 6.07) is 9.92. The Morgan fingerprint density at radius 2 is 1.23 bits per heavy atom. The van der Waals surface area contributed by atoms with Crippen LogP contribution in [0.25, 0.3) is 0 Å². The van der Waals surface area contributed by atoms with Crippen molar-refractivity contribution >= 4 is 24.8 Å². The Labute approximate surface area is 182 Å². The maximum Gasteiger partial charge on any atom is 0.573 e. The van der Waals surface area contributed by atoms with E-state index >= 15 is 0 Å². The fourth-order valence-corrected chi connectivity index (χ4v) is 3.26. The van der Waals surface area contributed by atoms with Crippen molar-refractivity contribution in [3.05, 3.63) is 65.2 Å². The van der Waals surface area contributed by atoms with Crippen molar-refractivity contribution in [2.24, 2.45) is 0 Å². The van der Waals surface area contributed by atoms with Crippen molar-refractivity contribution in [3.8, 4) is 5.75 Å². The fourth-order valence-electron chi connectivity index (χ4n) is 3.26. The van der Waals surface area contributed by atoms with Crippen LogP contribution in [0.1, 0.15) is 22.7 Å².